The van der Waals surface area contributed by atoms with Gasteiger partial charge in [0.25, 0.3) is 0 Å². The van der Waals surface area contributed by atoms with Crippen molar-refractivity contribution >= 4 is 11.3 Å². The largest absolute Gasteiger partial charge is 0.310 e. The number of aryl methyl sites for hydroxylation is 2. The second-order valence-corrected chi connectivity index (χ2v) is 5.32. The first-order valence-electron chi connectivity index (χ1n) is 6.04. The zero-order valence-electron chi connectivity index (χ0n) is 11.2. The van der Waals surface area contributed by atoms with Crippen molar-refractivity contribution in [3.8, 4) is 11.5 Å². The Morgan fingerprint density at radius 3 is 2.39 bits per heavy atom. The van der Waals surface area contributed by atoms with E-state index >= 15 is 0 Å². The first-order valence-corrected chi connectivity index (χ1v) is 6.98. The fraction of sp³-hybridized carbons (Fsp3) is 0.462. The van der Waals surface area contributed by atoms with Crippen LogP contribution >= 0.6 is 11.3 Å². The fourth-order valence-electron chi connectivity index (χ4n) is 1.74. The number of nitrogens with one attached hydrogen (secondary N) is 1. The lowest BCUT2D eigenvalue weighted by molar-refractivity contribution is 0.583. The summed E-state index contributed by atoms with van der Waals surface area (Å²) in [4.78, 5) is 13.3. The topological polar surface area (TPSA) is 50.7 Å². The van der Waals surface area contributed by atoms with Gasteiger partial charge in [0.2, 0.25) is 0 Å². The van der Waals surface area contributed by atoms with Crippen LogP contribution in [0.15, 0.2) is 10.9 Å². The van der Waals surface area contributed by atoms with Crippen molar-refractivity contribution in [2.24, 2.45) is 0 Å². The minimum atomic E-state index is 0.460. The molecule has 4 nitrogen and oxygen atoms in total. The molecule has 0 unspecified atom stereocenters. The molecule has 5 heteroatoms. The van der Waals surface area contributed by atoms with Crippen molar-refractivity contribution < 1.29 is 0 Å². The molecule has 0 saturated heterocycles. The summed E-state index contributed by atoms with van der Waals surface area (Å²) in [5.74, 6) is 0.722. The highest BCUT2D eigenvalue weighted by molar-refractivity contribution is 7.07. The van der Waals surface area contributed by atoms with Gasteiger partial charge in [-0.2, -0.15) is 0 Å². The molecule has 96 valence electrons. The smallest absolute Gasteiger partial charge is 0.179 e. The van der Waals surface area contributed by atoms with Gasteiger partial charge in [-0.25, -0.2) is 15.0 Å². The van der Waals surface area contributed by atoms with Crippen LogP contribution in [0.3, 0.4) is 0 Å². The fourth-order valence-corrected chi connectivity index (χ4v) is 2.27. The molecule has 2 heterocycles. The van der Waals surface area contributed by atoms with E-state index in [0.29, 0.717) is 6.04 Å². The van der Waals surface area contributed by atoms with Gasteiger partial charge in [-0.05, 0) is 13.8 Å². The van der Waals surface area contributed by atoms with Gasteiger partial charge in [0, 0.05) is 34.9 Å². The van der Waals surface area contributed by atoms with Crippen LogP contribution < -0.4 is 5.32 Å². The normalized spacial score (nSPS) is 11.2. The Balaban J connectivity index is 2.29. The molecular formula is C13H18N4S. The van der Waals surface area contributed by atoms with Gasteiger partial charge in [-0.1, -0.05) is 13.8 Å². The van der Waals surface area contributed by atoms with Gasteiger partial charge >= 0.3 is 0 Å². The van der Waals surface area contributed by atoms with Crippen molar-refractivity contribution in [2.45, 2.75) is 40.3 Å². The molecule has 18 heavy (non-hydrogen) atoms. The van der Waals surface area contributed by atoms with Gasteiger partial charge in [-0.15, -0.1) is 11.3 Å². The van der Waals surface area contributed by atoms with Crippen LogP contribution in [0.4, 0.5) is 0 Å². The quantitative estimate of drug-likeness (QED) is 0.920. The Morgan fingerprint density at radius 2 is 1.89 bits per heavy atom. The van der Waals surface area contributed by atoms with Crippen molar-refractivity contribution in [3.05, 3.63) is 27.8 Å². The van der Waals surface area contributed by atoms with Crippen LogP contribution in [0.5, 0.6) is 0 Å². The van der Waals surface area contributed by atoms with E-state index in [1.54, 1.807) is 16.8 Å². The van der Waals surface area contributed by atoms with Crippen LogP contribution in [-0.2, 0) is 6.54 Å². The highest BCUT2D eigenvalue weighted by Gasteiger charge is 2.11. The first-order chi connectivity index (χ1) is 8.58. The molecule has 0 bridgehead atoms. The number of aromatic nitrogens is 3. The predicted molar refractivity (Wildman–Crippen MR) is 74.6 cm³/mol. The molecule has 0 amide bonds. The van der Waals surface area contributed by atoms with Gasteiger partial charge in [0.15, 0.2) is 5.82 Å². The average Bonchev–Trinajstić information content (AvgIpc) is 2.80. The summed E-state index contributed by atoms with van der Waals surface area (Å²) in [6.07, 6.45) is 0. The van der Waals surface area contributed by atoms with Crippen molar-refractivity contribution in [2.75, 3.05) is 0 Å². The summed E-state index contributed by atoms with van der Waals surface area (Å²) in [5, 5.41) is 5.38. The summed E-state index contributed by atoms with van der Waals surface area (Å²) < 4.78 is 0. The summed E-state index contributed by atoms with van der Waals surface area (Å²) in [6, 6.07) is 0.460. The molecule has 2 aromatic rings. The lowest BCUT2D eigenvalue weighted by atomic mass is 10.1. The minimum absolute atomic E-state index is 0.460. The van der Waals surface area contributed by atoms with Crippen LogP contribution in [0.1, 0.15) is 30.8 Å². The van der Waals surface area contributed by atoms with Crippen LogP contribution in [-0.4, -0.2) is 21.0 Å². The molecule has 0 radical (unpaired) electrons. The summed E-state index contributed by atoms with van der Waals surface area (Å²) in [7, 11) is 0. The lowest BCUT2D eigenvalue weighted by Crippen LogP contribution is -2.23. The van der Waals surface area contributed by atoms with E-state index < -0.39 is 0 Å². The molecule has 0 aliphatic rings. The molecular weight excluding hydrogens is 244 g/mol. The molecule has 0 spiro atoms. The van der Waals surface area contributed by atoms with Crippen molar-refractivity contribution in [1.29, 1.82) is 0 Å². The maximum atomic E-state index is 4.55. The maximum Gasteiger partial charge on any atom is 0.179 e. The minimum Gasteiger partial charge on any atom is -0.310 e. The summed E-state index contributed by atoms with van der Waals surface area (Å²) in [6.45, 7) is 9.14. The number of rotatable bonds is 4. The molecule has 2 rings (SSSR count). The van der Waals surface area contributed by atoms with Crippen molar-refractivity contribution in [3.63, 3.8) is 0 Å². The SMILES string of the molecule is Cc1nc(-c2cscn2)nc(C)c1CNC(C)C. The van der Waals surface area contributed by atoms with E-state index in [0.717, 1.165) is 29.5 Å². The van der Waals surface area contributed by atoms with E-state index in [4.69, 9.17) is 0 Å². The monoisotopic (exact) mass is 262 g/mol. The standard InChI is InChI=1S/C13H18N4S/c1-8(2)14-5-11-9(3)16-13(17-10(11)4)12-6-18-7-15-12/h6-8,14H,5H2,1-4H3. The third-order valence-corrected chi connectivity index (χ3v) is 3.36. The molecule has 0 aliphatic carbocycles. The second-order valence-electron chi connectivity index (χ2n) is 4.61. The summed E-state index contributed by atoms with van der Waals surface area (Å²) in [5.41, 5.74) is 5.90. The maximum absolute atomic E-state index is 4.55. The zero-order valence-corrected chi connectivity index (χ0v) is 12.0. The Kier molecular flexibility index (Phi) is 4.04. The van der Waals surface area contributed by atoms with Crippen molar-refractivity contribution in [1.82, 2.24) is 20.3 Å². The predicted octanol–water partition coefficient (Wildman–Crippen LogP) is 2.71. The Bertz CT molecular complexity index is 497. The van der Waals surface area contributed by atoms with E-state index in [2.05, 4.69) is 34.1 Å². The molecule has 0 aliphatic heterocycles. The first kappa shape index (κ1) is 13.1. The number of thiazole rings is 1. The van der Waals surface area contributed by atoms with Gasteiger partial charge in [-0.3, -0.25) is 0 Å². The number of hydrogen-bond acceptors (Lipinski definition) is 5. The third kappa shape index (κ3) is 2.91. The van der Waals surface area contributed by atoms with E-state index in [1.807, 2.05) is 19.2 Å². The number of nitrogens with zero attached hydrogens (tertiary/aromatic N) is 3. The van der Waals surface area contributed by atoms with Crippen LogP contribution in [0, 0.1) is 13.8 Å². The molecule has 0 saturated carbocycles. The zero-order chi connectivity index (χ0) is 13.1. The molecule has 2 aromatic heterocycles. The van der Waals surface area contributed by atoms with Crippen LogP contribution in [0.2, 0.25) is 0 Å². The van der Waals surface area contributed by atoms with Gasteiger partial charge in [0.05, 0.1) is 5.51 Å². The summed E-state index contributed by atoms with van der Waals surface area (Å²) >= 11 is 1.56. The highest BCUT2D eigenvalue weighted by atomic mass is 32.1. The van der Waals surface area contributed by atoms with Gasteiger partial charge in [0.1, 0.15) is 5.69 Å². The van der Waals surface area contributed by atoms with E-state index in [1.165, 1.54) is 5.56 Å². The van der Waals surface area contributed by atoms with E-state index in [-0.39, 0.29) is 0 Å². The second kappa shape index (κ2) is 5.54. The number of hydrogen-bond donors (Lipinski definition) is 1. The van der Waals surface area contributed by atoms with Crippen LogP contribution in [0.25, 0.3) is 11.5 Å². The molecule has 0 fully saturated rings. The van der Waals surface area contributed by atoms with Gasteiger partial charge < -0.3 is 5.32 Å². The highest BCUT2D eigenvalue weighted by Crippen LogP contribution is 2.18. The third-order valence-electron chi connectivity index (χ3n) is 2.77. The Morgan fingerprint density at radius 1 is 1.22 bits per heavy atom. The average molecular weight is 262 g/mol. The Labute approximate surface area is 112 Å². The Hall–Kier alpha value is -1.33. The molecule has 0 aromatic carbocycles. The molecule has 1 N–H and O–H groups in total. The molecule has 0 atom stereocenters. The lowest BCUT2D eigenvalue weighted by Gasteiger charge is -2.13. The van der Waals surface area contributed by atoms with E-state index in [9.17, 15) is 0 Å².